The summed E-state index contributed by atoms with van der Waals surface area (Å²) < 4.78 is 0. The second kappa shape index (κ2) is 4.87. The summed E-state index contributed by atoms with van der Waals surface area (Å²) in [6.45, 7) is 2.76. The van der Waals surface area contributed by atoms with E-state index in [1.54, 1.807) is 6.07 Å². The lowest BCUT2D eigenvalue weighted by molar-refractivity contribution is 0.718. The molecule has 0 bridgehead atoms. The predicted molar refractivity (Wildman–Crippen MR) is 63.4 cm³/mol. The van der Waals surface area contributed by atoms with Gasteiger partial charge in [0.2, 0.25) is 0 Å². The van der Waals surface area contributed by atoms with Crippen LogP contribution in [0.3, 0.4) is 0 Å². The van der Waals surface area contributed by atoms with E-state index in [2.05, 4.69) is 0 Å². The monoisotopic (exact) mass is 232 g/mol. The summed E-state index contributed by atoms with van der Waals surface area (Å²) in [5.74, 6) is 0. The van der Waals surface area contributed by atoms with Gasteiger partial charge >= 0.3 is 0 Å². The lowest BCUT2D eigenvalue weighted by Gasteiger charge is -2.21. The Morgan fingerprint density at radius 2 is 2.00 bits per heavy atom. The van der Waals surface area contributed by atoms with Crippen LogP contribution in [-0.2, 0) is 0 Å². The fourth-order valence-electron chi connectivity index (χ4n) is 1.26. The van der Waals surface area contributed by atoms with E-state index in [0.29, 0.717) is 10.0 Å². The molecule has 0 saturated carbocycles. The number of halogens is 2. The molecule has 0 amide bonds. The van der Waals surface area contributed by atoms with Crippen molar-refractivity contribution in [1.29, 1.82) is 0 Å². The van der Waals surface area contributed by atoms with Crippen molar-refractivity contribution < 1.29 is 0 Å². The van der Waals surface area contributed by atoms with Gasteiger partial charge in [0.1, 0.15) is 0 Å². The fourth-order valence-corrected chi connectivity index (χ4v) is 1.55. The van der Waals surface area contributed by atoms with Gasteiger partial charge in [0.05, 0.1) is 10.0 Å². The summed E-state index contributed by atoms with van der Waals surface area (Å²) in [5, 5.41) is 1.14. The Morgan fingerprint density at radius 3 is 2.50 bits per heavy atom. The summed E-state index contributed by atoms with van der Waals surface area (Å²) in [5.41, 5.74) is 6.72. The molecule has 2 N–H and O–H groups in total. The minimum Gasteiger partial charge on any atom is -0.373 e. The zero-order valence-corrected chi connectivity index (χ0v) is 9.81. The van der Waals surface area contributed by atoms with Gasteiger partial charge in [-0.3, -0.25) is 0 Å². The first-order valence-corrected chi connectivity index (χ1v) is 5.18. The zero-order chi connectivity index (χ0) is 10.7. The van der Waals surface area contributed by atoms with Gasteiger partial charge in [-0.25, -0.2) is 0 Å². The SMILES string of the molecule is CC(N)CN(C)c1ccc(Cl)c(Cl)c1. The number of nitrogens with zero attached hydrogens (tertiary/aromatic N) is 1. The molecule has 0 aliphatic carbocycles. The van der Waals surface area contributed by atoms with E-state index in [1.807, 2.05) is 31.0 Å². The highest BCUT2D eigenvalue weighted by molar-refractivity contribution is 6.42. The highest BCUT2D eigenvalue weighted by Gasteiger charge is 2.05. The van der Waals surface area contributed by atoms with Crippen LogP contribution < -0.4 is 10.6 Å². The van der Waals surface area contributed by atoms with Crippen molar-refractivity contribution in [3.8, 4) is 0 Å². The number of anilines is 1. The average molecular weight is 233 g/mol. The molecule has 0 saturated heterocycles. The Balaban J connectivity index is 2.80. The number of nitrogens with two attached hydrogens (primary N) is 1. The molecule has 1 aromatic rings. The second-order valence-electron chi connectivity index (χ2n) is 3.46. The van der Waals surface area contributed by atoms with Crippen LogP contribution in [0.25, 0.3) is 0 Å². The first-order valence-electron chi connectivity index (χ1n) is 4.42. The van der Waals surface area contributed by atoms with Gasteiger partial charge in [0.25, 0.3) is 0 Å². The maximum atomic E-state index is 5.90. The first-order chi connectivity index (χ1) is 6.50. The molecule has 0 aliphatic rings. The third kappa shape index (κ3) is 3.05. The molecular formula is C10H14Cl2N2. The van der Waals surface area contributed by atoms with Gasteiger partial charge in [-0.2, -0.15) is 0 Å². The van der Waals surface area contributed by atoms with Crippen molar-refractivity contribution in [3.63, 3.8) is 0 Å². The van der Waals surface area contributed by atoms with Crippen LogP contribution in [0.15, 0.2) is 18.2 Å². The van der Waals surface area contributed by atoms with E-state index in [4.69, 9.17) is 28.9 Å². The van der Waals surface area contributed by atoms with Gasteiger partial charge in [0, 0.05) is 25.3 Å². The molecule has 1 atom stereocenters. The molecule has 1 unspecified atom stereocenters. The molecular weight excluding hydrogens is 219 g/mol. The number of benzene rings is 1. The Labute approximate surface area is 94.6 Å². The van der Waals surface area contributed by atoms with E-state index in [-0.39, 0.29) is 6.04 Å². The summed E-state index contributed by atoms with van der Waals surface area (Å²) >= 11 is 11.7. The topological polar surface area (TPSA) is 29.3 Å². The van der Waals surface area contributed by atoms with Gasteiger partial charge in [-0.1, -0.05) is 23.2 Å². The maximum absolute atomic E-state index is 5.90. The van der Waals surface area contributed by atoms with Crippen molar-refractivity contribution in [2.75, 3.05) is 18.5 Å². The lowest BCUT2D eigenvalue weighted by atomic mass is 10.2. The van der Waals surface area contributed by atoms with Crippen molar-refractivity contribution in [2.24, 2.45) is 5.73 Å². The van der Waals surface area contributed by atoms with Crippen LogP contribution in [0.1, 0.15) is 6.92 Å². The van der Waals surface area contributed by atoms with Crippen molar-refractivity contribution in [3.05, 3.63) is 28.2 Å². The van der Waals surface area contributed by atoms with Crippen LogP contribution in [0.2, 0.25) is 10.0 Å². The summed E-state index contributed by atoms with van der Waals surface area (Å²) in [6, 6.07) is 5.69. The van der Waals surface area contributed by atoms with Crippen LogP contribution in [-0.4, -0.2) is 19.6 Å². The number of rotatable bonds is 3. The highest BCUT2D eigenvalue weighted by atomic mass is 35.5. The molecule has 0 heterocycles. The first kappa shape index (κ1) is 11.6. The maximum Gasteiger partial charge on any atom is 0.0612 e. The quantitative estimate of drug-likeness (QED) is 0.869. The number of hydrogen-bond donors (Lipinski definition) is 1. The van der Waals surface area contributed by atoms with Crippen LogP contribution in [0, 0.1) is 0 Å². The van der Waals surface area contributed by atoms with E-state index in [0.717, 1.165) is 12.2 Å². The Bertz CT molecular complexity index is 313. The minimum atomic E-state index is 0.134. The Morgan fingerprint density at radius 1 is 1.36 bits per heavy atom. The fraction of sp³-hybridized carbons (Fsp3) is 0.400. The van der Waals surface area contributed by atoms with Gasteiger partial charge < -0.3 is 10.6 Å². The van der Waals surface area contributed by atoms with Crippen LogP contribution in [0.5, 0.6) is 0 Å². The molecule has 1 aromatic carbocycles. The number of likely N-dealkylation sites (N-methyl/N-ethyl adjacent to an activating group) is 1. The number of hydrogen-bond acceptors (Lipinski definition) is 2. The third-order valence-electron chi connectivity index (χ3n) is 1.91. The average Bonchev–Trinajstić information content (AvgIpc) is 2.08. The van der Waals surface area contributed by atoms with E-state index < -0.39 is 0 Å². The molecule has 0 aromatic heterocycles. The van der Waals surface area contributed by atoms with Gasteiger partial charge in [-0.05, 0) is 25.1 Å². The van der Waals surface area contributed by atoms with Crippen LogP contribution in [0.4, 0.5) is 5.69 Å². The smallest absolute Gasteiger partial charge is 0.0612 e. The predicted octanol–water partition coefficient (Wildman–Crippen LogP) is 2.78. The van der Waals surface area contributed by atoms with Crippen molar-refractivity contribution in [2.45, 2.75) is 13.0 Å². The van der Waals surface area contributed by atoms with Gasteiger partial charge in [-0.15, -0.1) is 0 Å². The molecule has 0 aliphatic heterocycles. The molecule has 0 spiro atoms. The van der Waals surface area contributed by atoms with Gasteiger partial charge in [0.15, 0.2) is 0 Å². The van der Waals surface area contributed by atoms with E-state index >= 15 is 0 Å². The summed E-state index contributed by atoms with van der Waals surface area (Å²) in [7, 11) is 1.98. The molecule has 4 heteroatoms. The second-order valence-corrected chi connectivity index (χ2v) is 4.27. The van der Waals surface area contributed by atoms with E-state index in [9.17, 15) is 0 Å². The molecule has 0 radical (unpaired) electrons. The van der Waals surface area contributed by atoms with Crippen molar-refractivity contribution in [1.82, 2.24) is 0 Å². The minimum absolute atomic E-state index is 0.134. The normalized spacial score (nSPS) is 12.6. The molecule has 78 valence electrons. The van der Waals surface area contributed by atoms with Crippen molar-refractivity contribution >= 4 is 28.9 Å². The molecule has 1 rings (SSSR count). The summed E-state index contributed by atoms with van der Waals surface area (Å²) in [4.78, 5) is 2.05. The van der Waals surface area contributed by atoms with E-state index in [1.165, 1.54) is 0 Å². The largest absolute Gasteiger partial charge is 0.373 e. The zero-order valence-electron chi connectivity index (χ0n) is 8.30. The summed E-state index contributed by atoms with van der Waals surface area (Å²) in [6.07, 6.45) is 0. The molecule has 0 fully saturated rings. The lowest BCUT2D eigenvalue weighted by Crippen LogP contribution is -2.32. The third-order valence-corrected chi connectivity index (χ3v) is 2.64. The Kier molecular flexibility index (Phi) is 4.05. The standard InChI is InChI=1S/C10H14Cl2N2/c1-7(13)6-14(2)8-3-4-9(11)10(12)5-8/h3-5,7H,6,13H2,1-2H3. The molecule has 2 nitrogen and oxygen atoms in total. The molecule has 14 heavy (non-hydrogen) atoms. The van der Waals surface area contributed by atoms with Crippen LogP contribution >= 0.6 is 23.2 Å². The Hall–Kier alpha value is -0.440. The highest BCUT2D eigenvalue weighted by Crippen LogP contribution is 2.26.